The zero-order valence-electron chi connectivity index (χ0n) is 11.5. The van der Waals surface area contributed by atoms with Crippen molar-refractivity contribution in [1.82, 2.24) is 4.90 Å². The number of likely N-dealkylation sites (tertiary alicyclic amines) is 1. The lowest BCUT2D eigenvalue weighted by molar-refractivity contribution is -0.151. The smallest absolute Gasteiger partial charge is 0.309 e. The summed E-state index contributed by atoms with van der Waals surface area (Å²) in [6.45, 7) is 7.16. The number of hydrogen-bond donors (Lipinski definition) is 1. The van der Waals surface area contributed by atoms with Gasteiger partial charge in [-0.1, -0.05) is 6.92 Å². The van der Waals surface area contributed by atoms with Gasteiger partial charge in [0, 0.05) is 19.1 Å². The molecule has 1 heterocycles. The van der Waals surface area contributed by atoms with E-state index in [4.69, 9.17) is 10.5 Å². The third-order valence-electron chi connectivity index (χ3n) is 3.60. The monoisotopic (exact) mass is 256 g/mol. The van der Waals surface area contributed by atoms with Crippen LogP contribution < -0.4 is 5.73 Å². The van der Waals surface area contributed by atoms with E-state index in [0.29, 0.717) is 32.5 Å². The fraction of sp³-hybridized carbons (Fsp3) is 0.846. The van der Waals surface area contributed by atoms with Crippen LogP contribution in [0.25, 0.3) is 0 Å². The van der Waals surface area contributed by atoms with E-state index in [9.17, 15) is 9.59 Å². The fourth-order valence-electron chi connectivity index (χ4n) is 2.11. The summed E-state index contributed by atoms with van der Waals surface area (Å²) < 4.78 is 5.00. The summed E-state index contributed by atoms with van der Waals surface area (Å²) in [6, 6.07) is -0.139. The van der Waals surface area contributed by atoms with E-state index in [0.717, 1.165) is 0 Å². The normalized spacial score (nSPS) is 20.3. The molecule has 2 atom stereocenters. The van der Waals surface area contributed by atoms with Crippen molar-refractivity contribution in [1.29, 1.82) is 0 Å². The molecule has 104 valence electrons. The van der Waals surface area contributed by atoms with Crippen molar-refractivity contribution in [2.24, 2.45) is 17.6 Å². The maximum absolute atomic E-state index is 12.1. The number of nitrogens with zero attached hydrogens (tertiary/aromatic N) is 1. The number of rotatable bonds is 4. The van der Waals surface area contributed by atoms with E-state index in [1.807, 2.05) is 18.7 Å². The van der Waals surface area contributed by atoms with Gasteiger partial charge in [0.1, 0.15) is 0 Å². The Kier molecular flexibility index (Phi) is 5.59. The first-order valence-corrected chi connectivity index (χ1v) is 6.68. The van der Waals surface area contributed by atoms with E-state index in [2.05, 4.69) is 0 Å². The predicted molar refractivity (Wildman–Crippen MR) is 68.8 cm³/mol. The van der Waals surface area contributed by atoms with Gasteiger partial charge in [-0.05, 0) is 26.7 Å². The molecule has 0 radical (unpaired) electrons. The van der Waals surface area contributed by atoms with Crippen LogP contribution >= 0.6 is 0 Å². The van der Waals surface area contributed by atoms with Gasteiger partial charge in [0.05, 0.1) is 18.4 Å². The lowest BCUT2D eigenvalue weighted by Gasteiger charge is -2.33. The summed E-state index contributed by atoms with van der Waals surface area (Å²) in [5.74, 6) is -0.263. The minimum Gasteiger partial charge on any atom is -0.466 e. The summed E-state index contributed by atoms with van der Waals surface area (Å²) >= 11 is 0. The van der Waals surface area contributed by atoms with Gasteiger partial charge < -0.3 is 15.4 Å². The van der Waals surface area contributed by atoms with Crippen LogP contribution in [0.5, 0.6) is 0 Å². The van der Waals surface area contributed by atoms with Crippen molar-refractivity contribution in [3.05, 3.63) is 0 Å². The number of nitrogens with two attached hydrogens (primary N) is 1. The third-order valence-corrected chi connectivity index (χ3v) is 3.60. The number of ether oxygens (including phenoxy) is 1. The van der Waals surface area contributed by atoms with Crippen molar-refractivity contribution >= 4 is 11.9 Å². The highest BCUT2D eigenvalue weighted by Crippen LogP contribution is 2.20. The Morgan fingerprint density at radius 3 is 2.33 bits per heavy atom. The average molecular weight is 256 g/mol. The van der Waals surface area contributed by atoms with Gasteiger partial charge in [0.15, 0.2) is 0 Å². The van der Waals surface area contributed by atoms with Crippen molar-refractivity contribution < 1.29 is 14.3 Å². The highest BCUT2D eigenvalue weighted by Gasteiger charge is 2.30. The first kappa shape index (κ1) is 15.0. The Bertz CT molecular complexity index is 297. The zero-order valence-corrected chi connectivity index (χ0v) is 11.5. The fourth-order valence-corrected chi connectivity index (χ4v) is 2.11. The van der Waals surface area contributed by atoms with E-state index in [-0.39, 0.29) is 29.8 Å². The molecule has 0 aromatic carbocycles. The van der Waals surface area contributed by atoms with E-state index in [1.54, 1.807) is 6.92 Å². The molecule has 2 N–H and O–H groups in total. The second-order valence-electron chi connectivity index (χ2n) is 5.00. The molecule has 1 aliphatic heterocycles. The van der Waals surface area contributed by atoms with Gasteiger partial charge in [0.25, 0.3) is 0 Å². The number of piperidine rings is 1. The quantitative estimate of drug-likeness (QED) is 0.754. The summed E-state index contributed by atoms with van der Waals surface area (Å²) in [5, 5.41) is 0. The molecule has 0 aromatic heterocycles. The van der Waals surface area contributed by atoms with E-state index in [1.165, 1.54) is 0 Å². The molecule has 2 unspecified atom stereocenters. The van der Waals surface area contributed by atoms with Crippen molar-refractivity contribution in [2.45, 2.75) is 39.7 Å². The molecule has 1 aliphatic rings. The summed E-state index contributed by atoms with van der Waals surface area (Å²) in [4.78, 5) is 25.5. The Balaban J connectivity index is 2.44. The summed E-state index contributed by atoms with van der Waals surface area (Å²) in [5.41, 5.74) is 5.74. The van der Waals surface area contributed by atoms with Crippen LogP contribution in [0.1, 0.15) is 33.6 Å². The first-order valence-electron chi connectivity index (χ1n) is 6.68. The predicted octanol–water partition coefficient (Wildman–Crippen LogP) is 0.771. The van der Waals surface area contributed by atoms with Crippen LogP contribution in [0.15, 0.2) is 0 Å². The second kappa shape index (κ2) is 6.73. The van der Waals surface area contributed by atoms with Gasteiger partial charge in [-0.25, -0.2) is 0 Å². The minimum absolute atomic E-state index is 0.0559. The van der Waals surface area contributed by atoms with Gasteiger partial charge in [-0.15, -0.1) is 0 Å². The molecule has 1 amide bonds. The largest absolute Gasteiger partial charge is 0.466 e. The molecule has 5 nitrogen and oxygen atoms in total. The number of amides is 1. The molecule has 18 heavy (non-hydrogen) atoms. The van der Waals surface area contributed by atoms with E-state index >= 15 is 0 Å². The van der Waals surface area contributed by atoms with Crippen LogP contribution in [-0.2, 0) is 14.3 Å². The Morgan fingerprint density at radius 1 is 1.33 bits per heavy atom. The maximum atomic E-state index is 12.1. The van der Waals surface area contributed by atoms with Crippen molar-refractivity contribution in [3.8, 4) is 0 Å². The van der Waals surface area contributed by atoms with Gasteiger partial charge in [-0.3, -0.25) is 9.59 Å². The molecule has 0 saturated carbocycles. The number of carbonyl (C=O) groups excluding carboxylic acids is 2. The molecular formula is C13H24N2O3. The maximum Gasteiger partial charge on any atom is 0.309 e. The second-order valence-corrected chi connectivity index (χ2v) is 5.00. The van der Waals surface area contributed by atoms with Crippen LogP contribution in [0.3, 0.4) is 0 Å². The molecule has 1 saturated heterocycles. The zero-order chi connectivity index (χ0) is 13.7. The Hall–Kier alpha value is -1.10. The number of carbonyl (C=O) groups is 2. The number of esters is 1. The molecule has 1 rings (SSSR count). The van der Waals surface area contributed by atoms with Crippen LogP contribution in [0.2, 0.25) is 0 Å². The molecule has 1 fully saturated rings. The molecule has 0 aliphatic carbocycles. The number of hydrogen-bond acceptors (Lipinski definition) is 4. The Morgan fingerprint density at radius 2 is 1.89 bits per heavy atom. The average Bonchev–Trinajstić information content (AvgIpc) is 2.37. The minimum atomic E-state index is -0.163. The molecule has 0 aromatic rings. The molecule has 0 spiro atoms. The van der Waals surface area contributed by atoms with Crippen molar-refractivity contribution in [2.75, 3.05) is 19.7 Å². The standard InChI is InChI=1S/C13H24N2O3/c1-4-18-13(17)11-5-7-15(8-6-11)12(16)9(2)10(3)14/h9-11H,4-8,14H2,1-3H3. The molecule has 5 heteroatoms. The van der Waals surface area contributed by atoms with Gasteiger partial charge in [-0.2, -0.15) is 0 Å². The van der Waals surface area contributed by atoms with Gasteiger partial charge in [0.2, 0.25) is 5.91 Å². The van der Waals surface area contributed by atoms with E-state index < -0.39 is 0 Å². The molecular weight excluding hydrogens is 232 g/mol. The highest BCUT2D eigenvalue weighted by molar-refractivity contribution is 5.79. The van der Waals surface area contributed by atoms with Gasteiger partial charge >= 0.3 is 5.97 Å². The Labute approximate surface area is 109 Å². The third kappa shape index (κ3) is 3.70. The first-order chi connectivity index (χ1) is 8.47. The lowest BCUT2D eigenvalue weighted by atomic mass is 9.95. The van der Waals surface area contributed by atoms with Crippen molar-refractivity contribution in [3.63, 3.8) is 0 Å². The van der Waals surface area contributed by atoms with Crippen LogP contribution in [-0.4, -0.2) is 42.5 Å². The molecule has 0 bridgehead atoms. The SMILES string of the molecule is CCOC(=O)C1CCN(C(=O)C(C)C(C)N)CC1. The van der Waals surface area contributed by atoms with Crippen LogP contribution in [0, 0.1) is 11.8 Å². The summed E-state index contributed by atoms with van der Waals surface area (Å²) in [7, 11) is 0. The summed E-state index contributed by atoms with van der Waals surface area (Å²) in [6.07, 6.45) is 1.38. The highest BCUT2D eigenvalue weighted by atomic mass is 16.5. The topological polar surface area (TPSA) is 72.6 Å². The lowest BCUT2D eigenvalue weighted by Crippen LogP contribution is -2.46. The van der Waals surface area contributed by atoms with Crippen LogP contribution in [0.4, 0.5) is 0 Å².